The van der Waals surface area contributed by atoms with Crippen LogP contribution in [0.3, 0.4) is 0 Å². The number of rotatable bonds is 7. The molecule has 0 aromatic carbocycles. The average molecular weight is 488 g/mol. The summed E-state index contributed by atoms with van der Waals surface area (Å²) < 4.78 is 0. The molecule has 4 rings (SSSR count). The summed E-state index contributed by atoms with van der Waals surface area (Å²) in [6, 6.07) is 7.12. The Morgan fingerprint density at radius 3 is 2.57 bits per heavy atom. The summed E-state index contributed by atoms with van der Waals surface area (Å²) in [6.45, 7) is 8.03. The number of hydrogen-bond acceptors (Lipinski definition) is 9. The summed E-state index contributed by atoms with van der Waals surface area (Å²) in [4.78, 5) is 51.3. The van der Waals surface area contributed by atoms with Crippen molar-refractivity contribution in [3.63, 3.8) is 0 Å². The number of amides is 1. The summed E-state index contributed by atoms with van der Waals surface area (Å²) in [5.74, 6) is -0.177. The second kappa shape index (κ2) is 10.1. The van der Waals surface area contributed by atoms with Crippen LogP contribution in [-0.2, 0) is 5.41 Å². The van der Waals surface area contributed by atoms with Crippen LogP contribution in [0.5, 0.6) is 0 Å². The molecule has 0 aliphatic carbocycles. The maximum Gasteiger partial charge on any atom is 0.268 e. The molecule has 0 bridgehead atoms. The third-order valence-electron chi connectivity index (χ3n) is 5.25. The molecule has 10 heteroatoms. The molecule has 1 amide bonds. The summed E-state index contributed by atoms with van der Waals surface area (Å²) in [7, 11) is 0. The van der Waals surface area contributed by atoms with Crippen LogP contribution < -0.4 is 5.32 Å². The number of hydrogen-bond donors (Lipinski definition) is 1. The minimum absolute atomic E-state index is 0.123. The first-order chi connectivity index (χ1) is 16.7. The normalized spacial score (nSPS) is 12.2. The number of anilines is 1. The maximum atomic E-state index is 12.9. The molecule has 35 heavy (non-hydrogen) atoms. The largest absolute Gasteiger partial charge is 0.306 e. The van der Waals surface area contributed by atoms with Gasteiger partial charge in [-0.25, -0.2) is 24.9 Å². The van der Waals surface area contributed by atoms with E-state index < -0.39 is 0 Å². The van der Waals surface area contributed by atoms with Crippen molar-refractivity contribution >= 4 is 28.8 Å². The van der Waals surface area contributed by atoms with Crippen LogP contribution in [0, 0.1) is 0 Å². The minimum Gasteiger partial charge on any atom is -0.306 e. The van der Waals surface area contributed by atoms with E-state index >= 15 is 0 Å². The maximum absolute atomic E-state index is 12.9. The van der Waals surface area contributed by atoms with E-state index in [0.717, 1.165) is 11.3 Å². The molecule has 9 nitrogen and oxygen atoms in total. The Bertz CT molecular complexity index is 1350. The number of carbonyl (C=O) groups excluding carboxylic acids is 2. The van der Waals surface area contributed by atoms with E-state index in [1.165, 1.54) is 30.2 Å². The molecule has 0 saturated heterocycles. The Morgan fingerprint density at radius 2 is 1.83 bits per heavy atom. The van der Waals surface area contributed by atoms with Gasteiger partial charge in [0, 0.05) is 41.8 Å². The summed E-state index contributed by atoms with van der Waals surface area (Å²) >= 11 is 1.26. The fraction of sp³-hybridized carbons (Fsp3) is 0.280. The van der Waals surface area contributed by atoms with E-state index in [1.807, 2.05) is 39.8 Å². The van der Waals surface area contributed by atoms with Gasteiger partial charge in [-0.2, -0.15) is 0 Å². The van der Waals surface area contributed by atoms with Gasteiger partial charge in [-0.05, 0) is 18.2 Å². The number of Topliss-reactive ketones (excluding diaryl/α,β-unsaturated/α-hetero) is 1. The molecular weight excluding hydrogens is 462 g/mol. The van der Waals surface area contributed by atoms with Crippen LogP contribution in [-0.4, -0.2) is 41.6 Å². The summed E-state index contributed by atoms with van der Waals surface area (Å²) in [5.41, 5.74) is 2.45. The number of nitrogens with zero attached hydrogens (tertiary/aromatic N) is 6. The third kappa shape index (κ3) is 5.96. The number of nitrogens with one attached hydrogen (secondary N) is 1. The van der Waals surface area contributed by atoms with Crippen LogP contribution in [0.25, 0.3) is 11.3 Å². The van der Waals surface area contributed by atoms with Gasteiger partial charge in [0.05, 0.1) is 22.6 Å². The van der Waals surface area contributed by atoms with Gasteiger partial charge in [-0.3, -0.25) is 14.6 Å². The predicted octanol–water partition coefficient (Wildman–Crippen LogP) is 4.71. The highest BCUT2D eigenvalue weighted by Gasteiger charge is 2.21. The fourth-order valence-electron chi connectivity index (χ4n) is 3.29. The zero-order chi connectivity index (χ0) is 25.0. The van der Waals surface area contributed by atoms with Crippen molar-refractivity contribution in [3.8, 4) is 11.3 Å². The number of carbonyl (C=O) groups is 2. The lowest BCUT2D eigenvalue weighted by Crippen LogP contribution is -2.16. The molecule has 178 valence electrons. The molecule has 0 aliphatic rings. The van der Waals surface area contributed by atoms with Crippen LogP contribution in [0.15, 0.2) is 55.5 Å². The minimum atomic E-state index is -0.303. The molecule has 4 heterocycles. The van der Waals surface area contributed by atoms with Crippen molar-refractivity contribution in [3.05, 3.63) is 76.8 Å². The van der Waals surface area contributed by atoms with Gasteiger partial charge < -0.3 is 5.32 Å². The highest BCUT2D eigenvalue weighted by atomic mass is 32.1. The molecule has 0 radical (unpaired) electrons. The van der Waals surface area contributed by atoms with Crippen molar-refractivity contribution < 1.29 is 9.59 Å². The van der Waals surface area contributed by atoms with E-state index in [9.17, 15) is 9.59 Å². The van der Waals surface area contributed by atoms with Gasteiger partial charge in [-0.1, -0.05) is 27.7 Å². The standard InChI is InChI=1S/C25H25N7O2S/c1-15(8-19(33)18-9-17(28-13-29-18)16-6-5-7-26-11-16)24-27-12-20(35-24)23(34)32-22-10-21(25(2,3)4)30-14-31-22/h5-7,9-15H,8H2,1-4H3,(H,30,31,32,34). The van der Waals surface area contributed by atoms with Crippen LogP contribution in [0.1, 0.15) is 70.9 Å². The molecule has 0 saturated carbocycles. The lowest BCUT2D eigenvalue weighted by molar-refractivity contribution is 0.0969. The van der Waals surface area contributed by atoms with Gasteiger partial charge in [0.2, 0.25) is 0 Å². The topological polar surface area (TPSA) is 124 Å². The Kier molecular flexibility index (Phi) is 7.02. The molecule has 4 aromatic heterocycles. The smallest absolute Gasteiger partial charge is 0.268 e. The molecule has 0 fully saturated rings. The number of aromatic nitrogens is 6. The molecule has 0 aliphatic heterocycles. The zero-order valence-corrected chi connectivity index (χ0v) is 20.7. The van der Waals surface area contributed by atoms with Crippen molar-refractivity contribution in [2.45, 2.75) is 45.4 Å². The molecule has 1 unspecified atom stereocenters. The molecule has 1 N–H and O–H groups in total. The average Bonchev–Trinajstić information content (AvgIpc) is 3.35. The Hall–Kier alpha value is -3.92. The second-order valence-corrected chi connectivity index (χ2v) is 10.2. The predicted molar refractivity (Wildman–Crippen MR) is 133 cm³/mol. The van der Waals surface area contributed by atoms with Crippen molar-refractivity contribution in [2.24, 2.45) is 0 Å². The van der Waals surface area contributed by atoms with Crippen LogP contribution in [0.2, 0.25) is 0 Å². The lowest BCUT2D eigenvalue weighted by atomic mass is 9.92. The summed E-state index contributed by atoms with van der Waals surface area (Å²) in [6.07, 6.45) is 7.91. The SMILES string of the molecule is CC(CC(=O)c1cc(-c2cccnc2)ncn1)c1ncc(C(=O)Nc2cc(C(C)(C)C)ncn2)s1. The van der Waals surface area contributed by atoms with E-state index in [4.69, 9.17) is 0 Å². The highest BCUT2D eigenvalue weighted by molar-refractivity contribution is 7.13. The van der Waals surface area contributed by atoms with Gasteiger partial charge in [0.1, 0.15) is 29.0 Å². The number of ketones is 1. The van der Waals surface area contributed by atoms with E-state index in [0.29, 0.717) is 27.1 Å². The molecular formula is C25H25N7O2S. The summed E-state index contributed by atoms with van der Waals surface area (Å²) in [5, 5.41) is 3.50. The first-order valence-corrected chi connectivity index (χ1v) is 11.9. The monoisotopic (exact) mass is 487 g/mol. The first-order valence-electron chi connectivity index (χ1n) is 11.1. The second-order valence-electron chi connectivity index (χ2n) is 9.11. The third-order valence-corrected chi connectivity index (χ3v) is 6.48. The van der Waals surface area contributed by atoms with Crippen LogP contribution >= 0.6 is 11.3 Å². The Balaban J connectivity index is 1.42. The van der Waals surface area contributed by atoms with E-state index in [-0.39, 0.29) is 29.4 Å². The molecule has 4 aromatic rings. The zero-order valence-electron chi connectivity index (χ0n) is 19.9. The number of thiazole rings is 1. The fourth-order valence-corrected chi connectivity index (χ4v) is 4.15. The van der Waals surface area contributed by atoms with Gasteiger partial charge in [0.15, 0.2) is 5.78 Å². The van der Waals surface area contributed by atoms with Crippen molar-refractivity contribution in [1.29, 1.82) is 0 Å². The van der Waals surface area contributed by atoms with Crippen LogP contribution in [0.4, 0.5) is 5.82 Å². The van der Waals surface area contributed by atoms with Crippen molar-refractivity contribution in [1.82, 2.24) is 29.9 Å². The Labute approximate surface area is 207 Å². The van der Waals surface area contributed by atoms with E-state index in [1.54, 1.807) is 24.5 Å². The quantitative estimate of drug-likeness (QED) is 0.372. The first kappa shape index (κ1) is 24.2. The molecule has 1 atom stereocenters. The van der Waals surface area contributed by atoms with E-state index in [2.05, 4.69) is 35.2 Å². The van der Waals surface area contributed by atoms with Gasteiger partial charge in [0.25, 0.3) is 5.91 Å². The highest BCUT2D eigenvalue weighted by Crippen LogP contribution is 2.27. The Morgan fingerprint density at radius 1 is 1.03 bits per heavy atom. The molecule has 0 spiro atoms. The van der Waals surface area contributed by atoms with Gasteiger partial charge >= 0.3 is 0 Å². The van der Waals surface area contributed by atoms with Crippen molar-refractivity contribution in [2.75, 3.05) is 5.32 Å². The number of pyridine rings is 1. The van der Waals surface area contributed by atoms with Gasteiger partial charge in [-0.15, -0.1) is 11.3 Å². The lowest BCUT2D eigenvalue weighted by Gasteiger charge is -2.17.